The lowest BCUT2D eigenvalue weighted by molar-refractivity contribution is -0.121. The van der Waals surface area contributed by atoms with Gasteiger partial charge in [0.25, 0.3) is 5.91 Å². The minimum absolute atomic E-state index is 0.0800. The first-order valence-corrected chi connectivity index (χ1v) is 7.06. The van der Waals surface area contributed by atoms with Crippen LogP contribution in [0.4, 0.5) is 0 Å². The highest BCUT2D eigenvalue weighted by Gasteiger charge is 2.33. The predicted molar refractivity (Wildman–Crippen MR) is 77.0 cm³/mol. The van der Waals surface area contributed by atoms with Crippen LogP contribution in [-0.2, 0) is 11.2 Å². The largest absolute Gasteiger partial charge is 0.368 e. The zero-order valence-electron chi connectivity index (χ0n) is 11.3. The number of aryl methyl sites for hydroxylation is 1. The van der Waals surface area contributed by atoms with Crippen molar-refractivity contribution in [2.75, 3.05) is 6.54 Å². The van der Waals surface area contributed by atoms with E-state index < -0.39 is 11.9 Å². The highest BCUT2D eigenvalue weighted by molar-refractivity contribution is 5.98. The molecule has 0 radical (unpaired) electrons. The van der Waals surface area contributed by atoms with E-state index in [2.05, 4.69) is 12.2 Å². The Bertz CT molecular complexity index is 592. The first kappa shape index (κ1) is 12.9. The molecule has 2 aliphatic rings. The molecule has 4 heteroatoms. The van der Waals surface area contributed by atoms with E-state index in [1.807, 2.05) is 18.2 Å². The van der Waals surface area contributed by atoms with Crippen LogP contribution in [-0.4, -0.2) is 29.3 Å². The van der Waals surface area contributed by atoms with Crippen molar-refractivity contribution < 1.29 is 9.59 Å². The Balaban J connectivity index is 1.87. The first-order chi connectivity index (χ1) is 9.66. The van der Waals surface area contributed by atoms with Gasteiger partial charge in [0.1, 0.15) is 6.04 Å². The van der Waals surface area contributed by atoms with E-state index in [0.29, 0.717) is 18.5 Å². The summed E-state index contributed by atoms with van der Waals surface area (Å²) in [4.78, 5) is 25.6. The van der Waals surface area contributed by atoms with Crippen LogP contribution in [0.1, 0.15) is 40.7 Å². The van der Waals surface area contributed by atoms with Gasteiger partial charge in [-0.15, -0.1) is 0 Å². The second-order valence-corrected chi connectivity index (χ2v) is 5.41. The monoisotopic (exact) mass is 270 g/mol. The number of hydrogen-bond acceptors (Lipinski definition) is 2. The molecule has 1 aromatic rings. The van der Waals surface area contributed by atoms with Crippen molar-refractivity contribution >= 4 is 17.9 Å². The van der Waals surface area contributed by atoms with Crippen molar-refractivity contribution in [3.05, 3.63) is 41.0 Å². The molecule has 2 amide bonds. The molecule has 0 spiro atoms. The van der Waals surface area contributed by atoms with Gasteiger partial charge in [0.2, 0.25) is 5.91 Å². The number of hydrogen-bond donors (Lipinski definition) is 1. The number of likely N-dealkylation sites (tertiary alicyclic amines) is 1. The maximum atomic E-state index is 12.5. The van der Waals surface area contributed by atoms with Gasteiger partial charge in [-0.05, 0) is 48.9 Å². The van der Waals surface area contributed by atoms with Crippen molar-refractivity contribution in [1.82, 2.24) is 4.90 Å². The summed E-state index contributed by atoms with van der Waals surface area (Å²) in [5.41, 5.74) is 8.42. The van der Waals surface area contributed by atoms with Gasteiger partial charge in [0.05, 0.1) is 0 Å². The molecule has 20 heavy (non-hydrogen) atoms. The molecule has 104 valence electrons. The number of nitrogens with two attached hydrogens (primary N) is 1. The van der Waals surface area contributed by atoms with Crippen molar-refractivity contribution in [3.8, 4) is 0 Å². The molecule has 1 aromatic carbocycles. The summed E-state index contributed by atoms with van der Waals surface area (Å²) in [7, 11) is 0. The van der Waals surface area contributed by atoms with Gasteiger partial charge in [-0.2, -0.15) is 0 Å². The van der Waals surface area contributed by atoms with Gasteiger partial charge >= 0.3 is 0 Å². The van der Waals surface area contributed by atoms with Gasteiger partial charge in [-0.3, -0.25) is 9.59 Å². The van der Waals surface area contributed by atoms with Crippen LogP contribution in [0.25, 0.3) is 6.08 Å². The van der Waals surface area contributed by atoms with Crippen LogP contribution >= 0.6 is 0 Å². The van der Waals surface area contributed by atoms with Gasteiger partial charge < -0.3 is 10.6 Å². The van der Waals surface area contributed by atoms with Gasteiger partial charge in [-0.25, -0.2) is 0 Å². The summed E-state index contributed by atoms with van der Waals surface area (Å²) in [5, 5.41) is 0. The van der Waals surface area contributed by atoms with Crippen molar-refractivity contribution in [2.45, 2.75) is 31.7 Å². The number of nitrogens with zero attached hydrogens (tertiary/aromatic N) is 1. The third-order valence-electron chi connectivity index (χ3n) is 4.11. The van der Waals surface area contributed by atoms with E-state index in [-0.39, 0.29) is 5.91 Å². The summed E-state index contributed by atoms with van der Waals surface area (Å²) in [6.07, 6.45) is 7.73. The molecule has 0 aromatic heterocycles. The predicted octanol–water partition coefficient (Wildman–Crippen LogP) is 1.74. The number of primary amides is 1. The maximum absolute atomic E-state index is 12.5. The summed E-state index contributed by atoms with van der Waals surface area (Å²) in [6.45, 7) is 0.615. The van der Waals surface area contributed by atoms with Crippen LogP contribution in [0.15, 0.2) is 24.3 Å². The summed E-state index contributed by atoms with van der Waals surface area (Å²) in [5.74, 6) is -0.486. The average molecular weight is 270 g/mol. The molecule has 1 atom stereocenters. The fourth-order valence-corrected chi connectivity index (χ4v) is 3.04. The lowest BCUT2D eigenvalue weighted by atomic mass is 9.95. The standard InChI is InChI=1S/C16H18N2O2/c17-15(19)14-6-3-9-18(14)16(20)13-8-7-11-4-1-2-5-12(11)10-13/h1,4,7-8,10,14H,2-3,5-6,9H2,(H2,17,19)/t14-/m1/s1. The molecule has 1 saturated heterocycles. The topological polar surface area (TPSA) is 63.4 Å². The molecule has 4 nitrogen and oxygen atoms in total. The number of rotatable bonds is 2. The lowest BCUT2D eigenvalue weighted by Crippen LogP contribution is -2.43. The third kappa shape index (κ3) is 2.22. The average Bonchev–Trinajstić information content (AvgIpc) is 2.95. The van der Waals surface area contributed by atoms with Crippen LogP contribution in [0.5, 0.6) is 0 Å². The quantitative estimate of drug-likeness (QED) is 0.889. The summed E-state index contributed by atoms with van der Waals surface area (Å²) < 4.78 is 0. The molecule has 1 aliphatic heterocycles. The number of benzene rings is 1. The molecule has 2 N–H and O–H groups in total. The highest BCUT2D eigenvalue weighted by atomic mass is 16.2. The molecule has 1 fully saturated rings. The van der Waals surface area contributed by atoms with Crippen LogP contribution < -0.4 is 5.73 Å². The molecule has 0 saturated carbocycles. The van der Waals surface area contributed by atoms with Crippen molar-refractivity contribution in [3.63, 3.8) is 0 Å². The smallest absolute Gasteiger partial charge is 0.254 e. The van der Waals surface area contributed by atoms with E-state index in [9.17, 15) is 9.59 Å². The Morgan fingerprint density at radius 2 is 2.15 bits per heavy atom. The zero-order chi connectivity index (χ0) is 14.1. The molecular formula is C16H18N2O2. The lowest BCUT2D eigenvalue weighted by Gasteiger charge is -2.23. The normalized spacial score (nSPS) is 20.8. The number of fused-ring (bicyclic) bond motifs is 1. The molecular weight excluding hydrogens is 252 g/mol. The Hall–Kier alpha value is -2.10. The molecule has 3 rings (SSSR count). The molecule has 1 heterocycles. The number of carbonyl (C=O) groups excluding carboxylic acids is 2. The highest BCUT2D eigenvalue weighted by Crippen LogP contribution is 2.24. The minimum Gasteiger partial charge on any atom is -0.368 e. The van der Waals surface area contributed by atoms with Crippen molar-refractivity contribution in [2.24, 2.45) is 5.73 Å². The maximum Gasteiger partial charge on any atom is 0.254 e. The number of carbonyl (C=O) groups is 2. The summed E-state index contributed by atoms with van der Waals surface area (Å²) >= 11 is 0. The van der Waals surface area contributed by atoms with Gasteiger partial charge in [0, 0.05) is 12.1 Å². The van der Waals surface area contributed by atoms with E-state index >= 15 is 0 Å². The second kappa shape index (κ2) is 5.12. The van der Waals surface area contributed by atoms with E-state index in [0.717, 1.165) is 19.3 Å². The SMILES string of the molecule is NC(=O)[C@H]1CCCN1C(=O)c1ccc2c(c1)CCC=C2. The Morgan fingerprint density at radius 1 is 1.30 bits per heavy atom. The zero-order valence-corrected chi connectivity index (χ0v) is 11.3. The fourth-order valence-electron chi connectivity index (χ4n) is 3.04. The Morgan fingerprint density at radius 3 is 2.95 bits per heavy atom. The van der Waals surface area contributed by atoms with E-state index in [1.54, 1.807) is 4.90 Å². The number of amides is 2. The fraction of sp³-hybridized carbons (Fsp3) is 0.375. The first-order valence-electron chi connectivity index (χ1n) is 7.06. The Labute approximate surface area is 118 Å². The van der Waals surface area contributed by atoms with E-state index in [4.69, 9.17) is 5.73 Å². The van der Waals surface area contributed by atoms with Gasteiger partial charge in [0.15, 0.2) is 0 Å². The Kier molecular flexibility index (Phi) is 3.30. The van der Waals surface area contributed by atoms with Crippen LogP contribution in [0, 0.1) is 0 Å². The van der Waals surface area contributed by atoms with E-state index in [1.165, 1.54) is 11.1 Å². The second-order valence-electron chi connectivity index (χ2n) is 5.41. The molecule has 0 unspecified atom stereocenters. The molecule has 0 bridgehead atoms. The van der Waals surface area contributed by atoms with Crippen molar-refractivity contribution in [1.29, 1.82) is 0 Å². The summed E-state index contributed by atoms with van der Waals surface area (Å²) in [6, 6.07) is 5.33. The van der Waals surface area contributed by atoms with Crippen LogP contribution in [0.2, 0.25) is 0 Å². The number of allylic oxidation sites excluding steroid dienone is 1. The van der Waals surface area contributed by atoms with Gasteiger partial charge in [-0.1, -0.05) is 18.2 Å². The molecule has 1 aliphatic carbocycles. The minimum atomic E-state index is -0.446. The third-order valence-corrected chi connectivity index (χ3v) is 4.11. The van der Waals surface area contributed by atoms with Crippen LogP contribution in [0.3, 0.4) is 0 Å².